The zero-order chi connectivity index (χ0) is 15.4. The first kappa shape index (κ1) is 15.3. The fraction of sp³-hybridized carbons (Fsp3) is 0. The molecule has 0 bridgehead atoms. The molecule has 21 heavy (non-hydrogen) atoms. The van der Waals surface area contributed by atoms with Crippen LogP contribution >= 0.6 is 23.2 Å². The van der Waals surface area contributed by atoms with Gasteiger partial charge in [-0.2, -0.15) is 0 Å². The number of allylic oxidation sites excluding steroid dienone is 1. The van der Waals surface area contributed by atoms with Crippen molar-refractivity contribution in [3.05, 3.63) is 79.9 Å². The predicted octanol–water partition coefficient (Wildman–Crippen LogP) is 3.96. The summed E-state index contributed by atoms with van der Waals surface area (Å²) >= 11 is 11.9. The van der Waals surface area contributed by atoms with Gasteiger partial charge in [-0.3, -0.25) is 9.59 Å². The number of rotatable bonds is 3. The van der Waals surface area contributed by atoms with Crippen molar-refractivity contribution in [2.75, 3.05) is 0 Å². The normalized spacial score (nSPS) is 10.8. The van der Waals surface area contributed by atoms with Crippen molar-refractivity contribution in [3.8, 4) is 5.75 Å². The Labute approximate surface area is 131 Å². The van der Waals surface area contributed by atoms with Gasteiger partial charge in [0.15, 0.2) is 11.5 Å². The fourth-order valence-electron chi connectivity index (χ4n) is 1.69. The molecule has 0 aliphatic carbocycles. The second-order valence-corrected chi connectivity index (χ2v) is 4.97. The highest BCUT2D eigenvalue weighted by Gasteiger charge is 2.09. The number of ketones is 1. The molecule has 3 nitrogen and oxygen atoms in total. The van der Waals surface area contributed by atoms with Gasteiger partial charge in [0.05, 0.1) is 15.6 Å². The largest absolute Gasteiger partial charge is 0.504 e. The van der Waals surface area contributed by atoms with Gasteiger partial charge in [0.25, 0.3) is 0 Å². The first-order valence-electron chi connectivity index (χ1n) is 5.99. The van der Waals surface area contributed by atoms with Crippen molar-refractivity contribution in [3.63, 3.8) is 0 Å². The molecule has 0 spiro atoms. The number of carbonyl (C=O) groups excluding carboxylic acids is 1. The van der Waals surface area contributed by atoms with E-state index in [0.29, 0.717) is 15.6 Å². The fourth-order valence-corrected chi connectivity index (χ4v) is 2.06. The highest BCUT2D eigenvalue weighted by Crippen LogP contribution is 2.26. The molecule has 2 aromatic carbocycles. The molecule has 5 heteroatoms. The average Bonchev–Trinajstić information content (AvgIpc) is 2.63. The van der Waals surface area contributed by atoms with E-state index < -0.39 is 17.0 Å². The van der Waals surface area contributed by atoms with Crippen LogP contribution in [0.5, 0.6) is 5.75 Å². The Morgan fingerprint density at radius 3 is 2.52 bits per heavy atom. The maximum Gasteiger partial charge on any atom is 0.220 e. The van der Waals surface area contributed by atoms with Gasteiger partial charge in [-0.15, -0.1) is 0 Å². The Hall–Kier alpha value is -2.10. The molecule has 106 valence electrons. The van der Waals surface area contributed by atoms with Crippen molar-refractivity contribution in [2.24, 2.45) is 0 Å². The molecule has 0 saturated carbocycles. The number of hydrogen-bond donors (Lipinski definition) is 1. The maximum atomic E-state index is 12.1. The minimum absolute atomic E-state index is 0.0700. The summed E-state index contributed by atoms with van der Waals surface area (Å²) in [6.45, 7) is 0. The lowest BCUT2D eigenvalue weighted by atomic mass is 10.1. The SMILES string of the molecule is O=C(/C=C/c1cccc(Cl)c1Cl)c1ccccc(=O)c1O. The van der Waals surface area contributed by atoms with Crippen LogP contribution in [0, 0.1) is 0 Å². The van der Waals surface area contributed by atoms with Crippen molar-refractivity contribution < 1.29 is 9.90 Å². The zero-order valence-electron chi connectivity index (χ0n) is 10.7. The third kappa shape index (κ3) is 3.51. The van der Waals surface area contributed by atoms with Crippen LogP contribution in [0.2, 0.25) is 10.0 Å². The van der Waals surface area contributed by atoms with E-state index in [2.05, 4.69) is 0 Å². The Morgan fingerprint density at radius 1 is 1.05 bits per heavy atom. The number of halogens is 2. The Balaban J connectivity index is 2.37. The molecule has 0 aromatic heterocycles. The Kier molecular flexibility index (Phi) is 4.78. The third-order valence-electron chi connectivity index (χ3n) is 2.77. The molecule has 0 aliphatic heterocycles. The average molecular weight is 321 g/mol. The molecule has 1 N–H and O–H groups in total. The number of aromatic hydroxyl groups is 1. The zero-order valence-corrected chi connectivity index (χ0v) is 12.2. The van der Waals surface area contributed by atoms with Crippen LogP contribution in [0.1, 0.15) is 15.9 Å². The highest BCUT2D eigenvalue weighted by atomic mass is 35.5. The Morgan fingerprint density at radius 2 is 1.76 bits per heavy atom. The van der Waals surface area contributed by atoms with Gasteiger partial charge in [0, 0.05) is 0 Å². The lowest BCUT2D eigenvalue weighted by Crippen LogP contribution is -2.01. The minimum atomic E-state index is -0.613. The van der Waals surface area contributed by atoms with E-state index in [9.17, 15) is 14.7 Å². The van der Waals surface area contributed by atoms with Crippen molar-refractivity contribution in [1.82, 2.24) is 0 Å². The van der Waals surface area contributed by atoms with Crippen LogP contribution in [0.25, 0.3) is 6.08 Å². The van der Waals surface area contributed by atoms with Crippen LogP contribution < -0.4 is 5.43 Å². The lowest BCUT2D eigenvalue weighted by molar-refractivity contribution is 0.104. The maximum absolute atomic E-state index is 12.1. The quantitative estimate of drug-likeness (QED) is 0.688. The summed E-state index contributed by atoms with van der Waals surface area (Å²) in [5.41, 5.74) is -0.114. The van der Waals surface area contributed by atoms with E-state index in [1.165, 1.54) is 36.4 Å². The highest BCUT2D eigenvalue weighted by molar-refractivity contribution is 6.42. The van der Waals surface area contributed by atoms with Crippen LogP contribution in [0.4, 0.5) is 0 Å². The molecule has 2 aromatic rings. The van der Waals surface area contributed by atoms with Crippen LogP contribution in [-0.4, -0.2) is 10.9 Å². The smallest absolute Gasteiger partial charge is 0.220 e. The molecular weight excluding hydrogens is 311 g/mol. The topological polar surface area (TPSA) is 54.4 Å². The van der Waals surface area contributed by atoms with E-state index >= 15 is 0 Å². The molecule has 0 saturated heterocycles. The minimum Gasteiger partial charge on any atom is -0.504 e. The summed E-state index contributed by atoms with van der Waals surface area (Å²) in [6, 6.07) is 10.6. The monoisotopic (exact) mass is 320 g/mol. The van der Waals surface area contributed by atoms with Crippen LogP contribution in [-0.2, 0) is 0 Å². The lowest BCUT2D eigenvalue weighted by Gasteiger charge is -2.00. The van der Waals surface area contributed by atoms with Gasteiger partial charge in [-0.05, 0) is 35.9 Å². The molecule has 2 rings (SSSR count). The molecule has 0 aliphatic rings. The van der Waals surface area contributed by atoms with Crippen molar-refractivity contribution in [1.29, 1.82) is 0 Å². The molecule has 0 radical (unpaired) electrons. The van der Waals surface area contributed by atoms with Gasteiger partial charge in [0.2, 0.25) is 5.43 Å². The number of hydrogen-bond acceptors (Lipinski definition) is 3. The number of carbonyl (C=O) groups is 1. The second kappa shape index (κ2) is 6.57. The van der Waals surface area contributed by atoms with E-state index in [0.717, 1.165) is 0 Å². The van der Waals surface area contributed by atoms with E-state index in [-0.39, 0.29) is 5.56 Å². The van der Waals surface area contributed by atoms with Gasteiger partial charge < -0.3 is 5.11 Å². The summed E-state index contributed by atoms with van der Waals surface area (Å²) in [6.07, 6.45) is 2.71. The van der Waals surface area contributed by atoms with Crippen molar-refractivity contribution >= 4 is 35.1 Å². The van der Waals surface area contributed by atoms with Gasteiger partial charge in [-0.25, -0.2) is 0 Å². The number of benzene rings is 1. The molecule has 0 heterocycles. The van der Waals surface area contributed by atoms with Crippen LogP contribution in [0.15, 0.2) is 53.3 Å². The van der Waals surface area contributed by atoms with Gasteiger partial charge >= 0.3 is 0 Å². The second-order valence-electron chi connectivity index (χ2n) is 4.19. The summed E-state index contributed by atoms with van der Waals surface area (Å²) in [5, 5.41) is 10.4. The summed E-state index contributed by atoms with van der Waals surface area (Å²) in [4.78, 5) is 23.5. The summed E-state index contributed by atoms with van der Waals surface area (Å²) in [5.74, 6) is -1.08. The van der Waals surface area contributed by atoms with Gasteiger partial charge in [0.1, 0.15) is 0 Å². The van der Waals surface area contributed by atoms with E-state index in [1.54, 1.807) is 18.2 Å². The standard InChI is InChI=1S/C16H10Cl2O3/c17-12-6-3-4-10(15(12)18)8-9-13(19)11-5-1-2-7-14(20)16(11)21/h1-9H,(H,20,21)/b9-8+. The summed E-state index contributed by atoms with van der Waals surface area (Å²) < 4.78 is 0. The predicted molar refractivity (Wildman–Crippen MR) is 84.2 cm³/mol. The Bertz CT molecular complexity index is 783. The van der Waals surface area contributed by atoms with E-state index in [4.69, 9.17) is 23.2 Å². The first-order chi connectivity index (χ1) is 10.0. The molecule has 0 amide bonds. The molecule has 0 unspecified atom stereocenters. The molecular formula is C16H10Cl2O3. The van der Waals surface area contributed by atoms with E-state index in [1.807, 2.05) is 0 Å². The van der Waals surface area contributed by atoms with Crippen LogP contribution in [0.3, 0.4) is 0 Å². The third-order valence-corrected chi connectivity index (χ3v) is 3.60. The van der Waals surface area contributed by atoms with Gasteiger partial charge in [-0.1, -0.05) is 47.5 Å². The first-order valence-corrected chi connectivity index (χ1v) is 6.75. The molecule has 0 atom stereocenters. The molecule has 0 fully saturated rings. The summed E-state index contributed by atoms with van der Waals surface area (Å²) in [7, 11) is 0. The van der Waals surface area contributed by atoms with Crippen molar-refractivity contribution in [2.45, 2.75) is 0 Å².